The second-order valence-corrected chi connectivity index (χ2v) is 5.75. The van der Waals surface area contributed by atoms with Crippen LogP contribution in [0.25, 0.3) is 0 Å². The van der Waals surface area contributed by atoms with Gasteiger partial charge in [0.1, 0.15) is 5.82 Å². The molecule has 132 valence electrons. The highest BCUT2D eigenvalue weighted by atomic mass is 35.5. The summed E-state index contributed by atoms with van der Waals surface area (Å²) in [6.45, 7) is 3.61. The van der Waals surface area contributed by atoms with E-state index >= 15 is 0 Å². The molecule has 0 spiro atoms. The van der Waals surface area contributed by atoms with E-state index in [1.165, 1.54) is 0 Å². The zero-order valence-corrected chi connectivity index (χ0v) is 15.3. The fraction of sp³-hybridized carbons (Fsp3) is 0.412. The summed E-state index contributed by atoms with van der Waals surface area (Å²) in [6, 6.07) is 7.88. The second-order valence-electron chi connectivity index (χ2n) is 5.75. The van der Waals surface area contributed by atoms with Gasteiger partial charge in [-0.15, -0.1) is 24.8 Å². The molecule has 0 radical (unpaired) electrons. The molecule has 1 aromatic heterocycles. The lowest BCUT2D eigenvalue weighted by atomic mass is 10.0. The van der Waals surface area contributed by atoms with Crippen LogP contribution in [0.1, 0.15) is 30.7 Å². The molecular weight excluding hydrogens is 347 g/mol. The summed E-state index contributed by atoms with van der Waals surface area (Å²) >= 11 is 0. The molecule has 1 amide bonds. The first kappa shape index (κ1) is 20.5. The number of halogens is 2. The van der Waals surface area contributed by atoms with Gasteiger partial charge in [0.15, 0.2) is 0 Å². The smallest absolute Gasteiger partial charge is 0.241 e. The molecule has 0 aliphatic carbocycles. The van der Waals surface area contributed by atoms with Crippen molar-refractivity contribution < 1.29 is 4.79 Å². The lowest BCUT2D eigenvalue weighted by Gasteiger charge is -2.23. The normalized spacial score (nSPS) is 16.6. The summed E-state index contributed by atoms with van der Waals surface area (Å²) in [7, 11) is 0. The second kappa shape index (κ2) is 9.67. The Bertz CT molecular complexity index is 654. The number of anilines is 1. The number of hydrogen-bond donors (Lipinski definition) is 2. The van der Waals surface area contributed by atoms with Crippen LogP contribution in [0.4, 0.5) is 5.69 Å². The molecular formula is C17H24Cl2N4O. The molecule has 1 fully saturated rings. The van der Waals surface area contributed by atoms with Crippen LogP contribution in [0.3, 0.4) is 0 Å². The van der Waals surface area contributed by atoms with Crippen molar-refractivity contribution in [1.82, 2.24) is 14.9 Å². The zero-order chi connectivity index (χ0) is 15.4. The molecule has 0 bridgehead atoms. The number of aromatic nitrogens is 2. The van der Waals surface area contributed by atoms with Crippen LogP contribution in [0.5, 0.6) is 0 Å². The maximum Gasteiger partial charge on any atom is 0.241 e. The lowest BCUT2D eigenvalue weighted by Crippen LogP contribution is -2.43. The lowest BCUT2D eigenvalue weighted by molar-refractivity contribution is -0.118. The Morgan fingerprint density at radius 1 is 1.33 bits per heavy atom. The van der Waals surface area contributed by atoms with Crippen LogP contribution in [-0.2, 0) is 11.3 Å². The predicted molar refractivity (Wildman–Crippen MR) is 101 cm³/mol. The van der Waals surface area contributed by atoms with Gasteiger partial charge in [-0.3, -0.25) is 4.79 Å². The maximum atomic E-state index is 12.4. The number of rotatable bonds is 4. The van der Waals surface area contributed by atoms with E-state index in [-0.39, 0.29) is 36.8 Å². The fourth-order valence-electron chi connectivity index (χ4n) is 2.83. The average Bonchev–Trinajstić information content (AvgIpc) is 2.95. The maximum absolute atomic E-state index is 12.4. The molecule has 1 atom stereocenters. The third kappa shape index (κ3) is 4.97. The standard InChI is InChI=1S/C17H22N4O.2ClH/c1-13-18-10-11-21(13)12-14-6-2-3-7-15(14)20-17(22)16-8-4-5-9-19-16;;/h2-3,6-7,10-11,16,19H,4-5,8-9,12H2,1H3,(H,20,22);2*1H/t16-;;/m0../s1. The summed E-state index contributed by atoms with van der Waals surface area (Å²) < 4.78 is 2.07. The summed E-state index contributed by atoms with van der Waals surface area (Å²) in [4.78, 5) is 16.6. The molecule has 3 rings (SSSR count). The number of hydrogen-bond acceptors (Lipinski definition) is 3. The van der Waals surface area contributed by atoms with Gasteiger partial charge in [-0.1, -0.05) is 24.6 Å². The van der Waals surface area contributed by atoms with Gasteiger partial charge >= 0.3 is 0 Å². The van der Waals surface area contributed by atoms with Gasteiger partial charge in [-0.2, -0.15) is 0 Å². The first-order valence-electron chi connectivity index (χ1n) is 7.84. The third-order valence-corrected chi connectivity index (χ3v) is 4.17. The summed E-state index contributed by atoms with van der Waals surface area (Å²) in [5.74, 6) is 1.03. The first-order valence-corrected chi connectivity index (χ1v) is 7.84. The van der Waals surface area contributed by atoms with Gasteiger partial charge in [-0.05, 0) is 37.9 Å². The molecule has 1 aliphatic rings. The van der Waals surface area contributed by atoms with Gasteiger partial charge in [0.25, 0.3) is 0 Å². The minimum atomic E-state index is -0.0724. The van der Waals surface area contributed by atoms with Gasteiger partial charge in [0.05, 0.1) is 12.6 Å². The van der Waals surface area contributed by atoms with Crippen molar-refractivity contribution in [1.29, 1.82) is 0 Å². The Morgan fingerprint density at radius 3 is 2.79 bits per heavy atom. The van der Waals surface area contributed by atoms with E-state index in [1.54, 1.807) is 6.20 Å². The van der Waals surface area contributed by atoms with Crippen molar-refractivity contribution >= 4 is 36.4 Å². The van der Waals surface area contributed by atoms with E-state index in [4.69, 9.17) is 0 Å². The number of carbonyl (C=O) groups is 1. The largest absolute Gasteiger partial charge is 0.331 e. The minimum absolute atomic E-state index is 0. The van der Waals surface area contributed by atoms with E-state index in [0.717, 1.165) is 42.9 Å². The number of carbonyl (C=O) groups excluding carboxylic acids is 1. The van der Waals surface area contributed by atoms with Gasteiger partial charge in [-0.25, -0.2) is 4.98 Å². The van der Waals surface area contributed by atoms with Gasteiger partial charge < -0.3 is 15.2 Å². The quantitative estimate of drug-likeness (QED) is 0.868. The Balaban J connectivity index is 0.00000144. The Hall–Kier alpha value is -1.56. The van der Waals surface area contributed by atoms with Crippen LogP contribution >= 0.6 is 24.8 Å². The zero-order valence-electron chi connectivity index (χ0n) is 13.7. The van der Waals surface area contributed by atoms with E-state index in [2.05, 4.69) is 20.2 Å². The van der Waals surface area contributed by atoms with Gasteiger partial charge in [0.2, 0.25) is 5.91 Å². The highest BCUT2D eigenvalue weighted by Crippen LogP contribution is 2.18. The van der Waals surface area contributed by atoms with E-state index < -0.39 is 0 Å². The van der Waals surface area contributed by atoms with Crippen molar-refractivity contribution in [2.75, 3.05) is 11.9 Å². The first-order chi connectivity index (χ1) is 10.7. The average molecular weight is 371 g/mol. The fourth-order valence-corrected chi connectivity index (χ4v) is 2.83. The van der Waals surface area contributed by atoms with E-state index in [9.17, 15) is 4.79 Å². The molecule has 24 heavy (non-hydrogen) atoms. The molecule has 0 saturated carbocycles. The molecule has 2 aromatic rings. The van der Waals surface area contributed by atoms with Crippen molar-refractivity contribution in [3.8, 4) is 0 Å². The van der Waals surface area contributed by atoms with Crippen molar-refractivity contribution in [3.05, 3.63) is 48.0 Å². The SMILES string of the molecule is Cc1nccn1Cc1ccccc1NC(=O)[C@@H]1CCCCN1.Cl.Cl. The van der Waals surface area contributed by atoms with E-state index in [1.807, 2.05) is 37.4 Å². The molecule has 2 N–H and O–H groups in total. The van der Waals surface area contributed by atoms with Gasteiger partial charge in [0, 0.05) is 18.1 Å². The van der Waals surface area contributed by atoms with Crippen LogP contribution in [0.15, 0.2) is 36.7 Å². The molecule has 7 heteroatoms. The highest BCUT2D eigenvalue weighted by molar-refractivity contribution is 5.95. The summed E-state index contributed by atoms with van der Waals surface area (Å²) in [5, 5.41) is 6.36. The van der Waals surface area contributed by atoms with E-state index in [0.29, 0.717) is 6.54 Å². The number of para-hydroxylation sites is 1. The van der Waals surface area contributed by atoms with Crippen LogP contribution in [-0.4, -0.2) is 28.0 Å². The van der Waals surface area contributed by atoms with Crippen molar-refractivity contribution in [3.63, 3.8) is 0 Å². The monoisotopic (exact) mass is 370 g/mol. The number of piperidine rings is 1. The van der Waals surface area contributed by atoms with Crippen molar-refractivity contribution in [2.24, 2.45) is 0 Å². The topological polar surface area (TPSA) is 59.0 Å². The number of aryl methyl sites for hydroxylation is 1. The Kier molecular flexibility index (Phi) is 8.25. The Labute approximate surface area is 155 Å². The number of benzene rings is 1. The molecule has 1 aromatic carbocycles. The number of nitrogens with one attached hydrogen (secondary N) is 2. The molecule has 2 heterocycles. The third-order valence-electron chi connectivity index (χ3n) is 4.17. The molecule has 0 unspecified atom stereocenters. The molecule has 5 nitrogen and oxygen atoms in total. The Morgan fingerprint density at radius 2 is 2.12 bits per heavy atom. The predicted octanol–water partition coefficient (Wildman–Crippen LogP) is 3.16. The number of amides is 1. The summed E-state index contributed by atoms with van der Waals surface area (Å²) in [6.07, 6.45) is 6.93. The van der Waals surface area contributed by atoms with Crippen LogP contribution < -0.4 is 10.6 Å². The highest BCUT2D eigenvalue weighted by Gasteiger charge is 2.21. The van der Waals surface area contributed by atoms with Crippen molar-refractivity contribution in [2.45, 2.75) is 38.8 Å². The summed E-state index contributed by atoms with van der Waals surface area (Å²) in [5.41, 5.74) is 1.97. The van der Waals surface area contributed by atoms with Crippen LogP contribution in [0, 0.1) is 6.92 Å². The molecule has 1 aliphatic heterocycles. The minimum Gasteiger partial charge on any atom is -0.331 e. The molecule has 1 saturated heterocycles. The number of imidazole rings is 1. The number of nitrogens with zero attached hydrogens (tertiary/aromatic N) is 2. The van der Waals surface area contributed by atoms with Crippen LogP contribution in [0.2, 0.25) is 0 Å².